The molecule has 2 aromatic rings. The Kier molecular flexibility index (Phi) is 2.36. The summed E-state index contributed by atoms with van der Waals surface area (Å²) in [6.45, 7) is 7.07. The van der Waals surface area contributed by atoms with E-state index in [1.54, 1.807) is 0 Å². The highest BCUT2D eigenvalue weighted by atomic mass is 19.1. The maximum absolute atomic E-state index is 13.4. The van der Waals surface area contributed by atoms with Crippen molar-refractivity contribution in [3.63, 3.8) is 0 Å². The molecule has 3 atom stereocenters. The number of fused-ring (bicyclic) bond motifs is 3. The van der Waals surface area contributed by atoms with Gasteiger partial charge in [0.15, 0.2) is 0 Å². The van der Waals surface area contributed by atoms with Gasteiger partial charge in [-0.05, 0) is 48.1 Å². The first-order valence-corrected chi connectivity index (χ1v) is 7.76. The molecular formula is C17H22FN3. The van der Waals surface area contributed by atoms with Crippen LogP contribution in [0.2, 0.25) is 0 Å². The molecule has 0 amide bonds. The van der Waals surface area contributed by atoms with Gasteiger partial charge in [0.1, 0.15) is 5.82 Å². The van der Waals surface area contributed by atoms with Crippen LogP contribution in [0.1, 0.15) is 46.1 Å². The molecule has 1 aromatic carbocycles. The lowest BCUT2D eigenvalue weighted by atomic mass is 9.68. The topological polar surface area (TPSA) is 43.8 Å². The Labute approximate surface area is 124 Å². The highest BCUT2D eigenvalue weighted by Crippen LogP contribution is 2.68. The maximum Gasteiger partial charge on any atom is 0.201 e. The molecule has 1 heterocycles. The van der Waals surface area contributed by atoms with Gasteiger partial charge in [-0.2, -0.15) is 0 Å². The number of halogens is 1. The number of aromatic nitrogens is 2. The Bertz CT molecular complexity index is 728. The SMILES string of the molecule is CC12CCC(C1)C(C)(C)C2n1c(N)nc2cc(F)ccc21. The van der Waals surface area contributed by atoms with Crippen LogP contribution in [0.5, 0.6) is 0 Å². The minimum Gasteiger partial charge on any atom is -0.369 e. The molecule has 3 nitrogen and oxygen atoms in total. The molecular weight excluding hydrogens is 265 g/mol. The molecule has 0 aliphatic heterocycles. The Morgan fingerprint density at radius 2 is 2.10 bits per heavy atom. The molecule has 2 bridgehead atoms. The van der Waals surface area contributed by atoms with Crippen LogP contribution in [0.4, 0.5) is 10.3 Å². The first-order valence-electron chi connectivity index (χ1n) is 7.76. The molecule has 4 rings (SSSR count). The summed E-state index contributed by atoms with van der Waals surface area (Å²) in [7, 11) is 0. The summed E-state index contributed by atoms with van der Waals surface area (Å²) in [4.78, 5) is 4.40. The minimum atomic E-state index is -0.259. The van der Waals surface area contributed by atoms with E-state index in [4.69, 9.17) is 5.73 Å². The number of hydrogen-bond donors (Lipinski definition) is 1. The average molecular weight is 287 g/mol. The zero-order chi connectivity index (χ0) is 15.0. The first-order chi connectivity index (χ1) is 9.83. The first kappa shape index (κ1) is 13.1. The third-order valence-electron chi connectivity index (χ3n) is 6.13. The summed E-state index contributed by atoms with van der Waals surface area (Å²) in [5.74, 6) is 0.998. The van der Waals surface area contributed by atoms with Crippen LogP contribution in [0.15, 0.2) is 18.2 Å². The van der Waals surface area contributed by atoms with Gasteiger partial charge in [0.2, 0.25) is 5.95 Å². The fourth-order valence-electron chi connectivity index (χ4n) is 5.28. The lowest BCUT2D eigenvalue weighted by Crippen LogP contribution is -2.37. The van der Waals surface area contributed by atoms with Crippen LogP contribution in [0.3, 0.4) is 0 Å². The van der Waals surface area contributed by atoms with E-state index in [1.165, 1.54) is 31.4 Å². The maximum atomic E-state index is 13.4. The van der Waals surface area contributed by atoms with E-state index >= 15 is 0 Å². The average Bonchev–Trinajstić information content (AvgIpc) is 2.97. The number of nitrogens with two attached hydrogens (primary N) is 1. The van der Waals surface area contributed by atoms with Gasteiger partial charge in [0, 0.05) is 12.1 Å². The molecule has 1 aromatic heterocycles. The van der Waals surface area contributed by atoms with Crippen molar-refractivity contribution in [3.8, 4) is 0 Å². The van der Waals surface area contributed by atoms with E-state index < -0.39 is 0 Å². The van der Waals surface area contributed by atoms with Gasteiger partial charge in [-0.3, -0.25) is 0 Å². The fourth-order valence-corrected chi connectivity index (χ4v) is 5.28. The molecule has 3 unspecified atom stereocenters. The number of hydrogen-bond acceptors (Lipinski definition) is 2. The minimum absolute atomic E-state index is 0.198. The van der Waals surface area contributed by atoms with Crippen LogP contribution in [0, 0.1) is 22.6 Å². The van der Waals surface area contributed by atoms with Crippen molar-refractivity contribution in [3.05, 3.63) is 24.0 Å². The summed E-state index contributed by atoms with van der Waals surface area (Å²) in [6, 6.07) is 5.13. The van der Waals surface area contributed by atoms with Gasteiger partial charge in [-0.1, -0.05) is 20.8 Å². The van der Waals surface area contributed by atoms with Crippen molar-refractivity contribution in [1.82, 2.24) is 9.55 Å². The van der Waals surface area contributed by atoms with Crippen molar-refractivity contribution >= 4 is 17.0 Å². The molecule has 2 saturated carbocycles. The second-order valence-corrected chi connectivity index (χ2v) is 7.79. The normalized spacial score (nSPS) is 33.9. The van der Waals surface area contributed by atoms with E-state index in [-0.39, 0.29) is 16.6 Å². The standard InChI is InChI=1S/C17H22FN3/c1-16(2)10-6-7-17(3,9-10)14(16)21-13-5-4-11(18)8-12(13)20-15(21)19/h4-5,8,10,14H,6-7,9H2,1-3H3,(H2,19,20). The predicted octanol–water partition coefficient (Wildman–Crippen LogP) is 4.14. The van der Waals surface area contributed by atoms with Crippen LogP contribution < -0.4 is 5.73 Å². The number of imidazole rings is 1. The quantitative estimate of drug-likeness (QED) is 0.856. The second kappa shape index (κ2) is 3.79. The van der Waals surface area contributed by atoms with Crippen molar-refractivity contribution in [2.24, 2.45) is 16.7 Å². The van der Waals surface area contributed by atoms with E-state index in [0.29, 0.717) is 17.5 Å². The molecule has 2 aliphatic carbocycles. The molecule has 0 radical (unpaired) electrons. The number of anilines is 1. The highest BCUT2D eigenvalue weighted by molar-refractivity contribution is 5.78. The Morgan fingerprint density at radius 3 is 2.76 bits per heavy atom. The number of benzene rings is 1. The van der Waals surface area contributed by atoms with E-state index in [1.807, 2.05) is 6.07 Å². The Balaban J connectivity index is 1.96. The van der Waals surface area contributed by atoms with Crippen LogP contribution >= 0.6 is 0 Å². The molecule has 0 saturated heterocycles. The van der Waals surface area contributed by atoms with Gasteiger partial charge < -0.3 is 10.3 Å². The molecule has 4 heteroatoms. The smallest absolute Gasteiger partial charge is 0.201 e. The summed E-state index contributed by atoms with van der Waals surface area (Å²) in [5, 5.41) is 0. The summed E-state index contributed by atoms with van der Waals surface area (Å²) in [5.41, 5.74) is 8.31. The van der Waals surface area contributed by atoms with Crippen molar-refractivity contribution in [2.75, 3.05) is 5.73 Å². The lowest BCUT2D eigenvalue weighted by Gasteiger charge is -2.44. The number of nitrogens with zero attached hydrogens (tertiary/aromatic N) is 2. The zero-order valence-electron chi connectivity index (χ0n) is 12.9. The molecule has 112 valence electrons. The van der Waals surface area contributed by atoms with E-state index in [9.17, 15) is 4.39 Å². The Hall–Kier alpha value is -1.58. The largest absolute Gasteiger partial charge is 0.369 e. The zero-order valence-corrected chi connectivity index (χ0v) is 12.9. The second-order valence-electron chi connectivity index (χ2n) is 7.79. The van der Waals surface area contributed by atoms with Gasteiger partial charge in [0.25, 0.3) is 0 Å². The van der Waals surface area contributed by atoms with Crippen molar-refractivity contribution in [2.45, 2.75) is 46.1 Å². The van der Waals surface area contributed by atoms with E-state index in [2.05, 4.69) is 30.3 Å². The fraction of sp³-hybridized carbons (Fsp3) is 0.588. The lowest BCUT2D eigenvalue weighted by molar-refractivity contribution is 0.0882. The third-order valence-corrected chi connectivity index (χ3v) is 6.13. The van der Waals surface area contributed by atoms with Gasteiger partial charge in [-0.25, -0.2) is 9.37 Å². The summed E-state index contributed by atoms with van der Waals surface area (Å²) in [6.07, 6.45) is 3.80. The molecule has 2 aliphatic rings. The van der Waals surface area contributed by atoms with Gasteiger partial charge >= 0.3 is 0 Å². The Morgan fingerprint density at radius 1 is 1.33 bits per heavy atom. The number of rotatable bonds is 1. The van der Waals surface area contributed by atoms with Crippen molar-refractivity contribution in [1.29, 1.82) is 0 Å². The summed E-state index contributed by atoms with van der Waals surface area (Å²) < 4.78 is 15.6. The van der Waals surface area contributed by atoms with Crippen LogP contribution in [-0.2, 0) is 0 Å². The summed E-state index contributed by atoms with van der Waals surface area (Å²) >= 11 is 0. The third kappa shape index (κ3) is 1.56. The molecule has 21 heavy (non-hydrogen) atoms. The monoisotopic (exact) mass is 287 g/mol. The molecule has 0 spiro atoms. The molecule has 2 fully saturated rings. The van der Waals surface area contributed by atoms with Gasteiger partial charge in [0.05, 0.1) is 11.0 Å². The number of nitrogen functional groups attached to an aromatic ring is 1. The van der Waals surface area contributed by atoms with Gasteiger partial charge in [-0.15, -0.1) is 0 Å². The van der Waals surface area contributed by atoms with Crippen LogP contribution in [-0.4, -0.2) is 9.55 Å². The highest BCUT2D eigenvalue weighted by Gasteiger charge is 2.60. The van der Waals surface area contributed by atoms with Crippen molar-refractivity contribution < 1.29 is 4.39 Å². The van der Waals surface area contributed by atoms with Crippen LogP contribution in [0.25, 0.3) is 11.0 Å². The molecule has 2 N–H and O–H groups in total. The van der Waals surface area contributed by atoms with E-state index in [0.717, 1.165) is 11.4 Å². The predicted molar refractivity (Wildman–Crippen MR) is 82.4 cm³/mol.